The normalized spacial score (nSPS) is 11.7. The van der Waals surface area contributed by atoms with Crippen LogP contribution in [0.15, 0.2) is 36.4 Å². The molecule has 0 saturated carbocycles. The number of benzene rings is 1. The van der Waals surface area contributed by atoms with Gasteiger partial charge in [0, 0.05) is 5.69 Å². The van der Waals surface area contributed by atoms with Crippen molar-refractivity contribution in [3.8, 4) is 6.07 Å². The first-order valence-electron chi connectivity index (χ1n) is 6.42. The van der Waals surface area contributed by atoms with Gasteiger partial charge in [-0.3, -0.25) is 4.79 Å². The minimum atomic E-state index is -0.0785. The third-order valence-corrected chi connectivity index (χ3v) is 4.07. The van der Waals surface area contributed by atoms with Crippen LogP contribution in [-0.2, 0) is 11.3 Å². The quantitative estimate of drug-likeness (QED) is 0.884. The van der Waals surface area contributed by atoms with E-state index in [9.17, 15) is 4.79 Å². The molecule has 1 unspecified atom stereocenters. The Morgan fingerprint density at radius 1 is 1.43 bits per heavy atom. The number of hydrogen-bond donors (Lipinski definition) is 2. The minimum absolute atomic E-state index is 0.0785. The molecule has 0 aliphatic heterocycles. The summed E-state index contributed by atoms with van der Waals surface area (Å²) in [7, 11) is 1.96. The summed E-state index contributed by atoms with van der Waals surface area (Å²) < 4.78 is 0.760. The van der Waals surface area contributed by atoms with Gasteiger partial charge >= 0.3 is 0 Å². The van der Waals surface area contributed by atoms with E-state index in [1.54, 1.807) is 24.3 Å². The first-order chi connectivity index (χ1) is 10.1. The molecule has 0 aliphatic carbocycles. The maximum atomic E-state index is 12.0. The predicted molar refractivity (Wildman–Crippen MR) is 84.6 cm³/mol. The Morgan fingerprint density at radius 2 is 2.24 bits per heavy atom. The summed E-state index contributed by atoms with van der Waals surface area (Å²) in [6.45, 7) is 1.11. The molecule has 0 fully saturated rings. The number of quaternary nitrogens is 1. The average molecular weight is 321 g/mol. The Labute approximate surface area is 132 Å². The first kappa shape index (κ1) is 15.5. The topological polar surface area (TPSA) is 57.3 Å². The van der Waals surface area contributed by atoms with Crippen molar-refractivity contribution in [1.29, 1.82) is 5.26 Å². The van der Waals surface area contributed by atoms with E-state index in [1.807, 2.05) is 25.2 Å². The van der Waals surface area contributed by atoms with E-state index in [1.165, 1.54) is 11.3 Å². The third kappa shape index (κ3) is 4.87. The van der Waals surface area contributed by atoms with Gasteiger partial charge in [-0.15, -0.1) is 11.3 Å². The molecule has 6 heteroatoms. The van der Waals surface area contributed by atoms with Crippen LogP contribution in [-0.4, -0.2) is 19.5 Å². The second-order valence-corrected chi connectivity index (χ2v) is 6.56. The molecule has 0 radical (unpaired) electrons. The molecule has 0 aliphatic rings. The lowest BCUT2D eigenvalue weighted by atomic mass is 10.2. The number of likely N-dealkylation sites (N-methyl/N-ethyl adjacent to an activating group) is 1. The van der Waals surface area contributed by atoms with Gasteiger partial charge in [0.15, 0.2) is 6.54 Å². The zero-order valence-electron chi connectivity index (χ0n) is 11.5. The highest BCUT2D eigenvalue weighted by molar-refractivity contribution is 7.16. The first-order valence-corrected chi connectivity index (χ1v) is 7.62. The van der Waals surface area contributed by atoms with Crippen LogP contribution >= 0.6 is 22.9 Å². The number of hydrogen-bond acceptors (Lipinski definition) is 3. The molecule has 1 aromatic carbocycles. The maximum Gasteiger partial charge on any atom is 0.279 e. The summed E-state index contributed by atoms with van der Waals surface area (Å²) in [5, 5.41) is 11.6. The second kappa shape index (κ2) is 7.23. The molecule has 2 N–H and O–H groups in total. The molecular weight excluding hydrogens is 306 g/mol. The summed E-state index contributed by atoms with van der Waals surface area (Å²) in [5.74, 6) is -0.0785. The lowest BCUT2D eigenvalue weighted by Gasteiger charge is -2.12. The van der Waals surface area contributed by atoms with E-state index in [-0.39, 0.29) is 5.91 Å². The molecule has 1 aromatic heterocycles. The van der Waals surface area contributed by atoms with Gasteiger partial charge in [0.05, 0.1) is 27.9 Å². The molecule has 2 aromatic rings. The summed E-state index contributed by atoms with van der Waals surface area (Å²) in [4.78, 5) is 14.2. The largest absolute Gasteiger partial charge is 0.325 e. The Morgan fingerprint density at radius 3 is 2.90 bits per heavy atom. The van der Waals surface area contributed by atoms with Gasteiger partial charge in [0.25, 0.3) is 5.91 Å². The summed E-state index contributed by atoms with van der Waals surface area (Å²) in [6, 6.07) is 12.8. The van der Waals surface area contributed by atoms with Crippen LogP contribution in [0, 0.1) is 11.3 Å². The Kier molecular flexibility index (Phi) is 5.34. The van der Waals surface area contributed by atoms with Crippen LogP contribution in [0.25, 0.3) is 0 Å². The Bertz CT molecular complexity index is 678. The van der Waals surface area contributed by atoms with Crippen molar-refractivity contribution in [3.63, 3.8) is 0 Å². The van der Waals surface area contributed by atoms with Crippen LogP contribution in [0.4, 0.5) is 5.69 Å². The van der Waals surface area contributed by atoms with Crippen molar-refractivity contribution in [2.24, 2.45) is 0 Å². The van der Waals surface area contributed by atoms with E-state index >= 15 is 0 Å². The average Bonchev–Trinajstić information content (AvgIpc) is 2.83. The fraction of sp³-hybridized carbons (Fsp3) is 0.200. The smallest absolute Gasteiger partial charge is 0.279 e. The zero-order chi connectivity index (χ0) is 15.2. The van der Waals surface area contributed by atoms with Crippen LogP contribution in [0.5, 0.6) is 0 Å². The molecule has 108 valence electrons. The Balaban J connectivity index is 1.87. The van der Waals surface area contributed by atoms with Crippen LogP contribution in [0.2, 0.25) is 4.34 Å². The van der Waals surface area contributed by atoms with E-state index in [0.717, 1.165) is 20.7 Å². The third-order valence-electron chi connectivity index (χ3n) is 2.84. The lowest BCUT2D eigenvalue weighted by Crippen LogP contribution is -3.08. The van der Waals surface area contributed by atoms with Crippen molar-refractivity contribution < 1.29 is 9.69 Å². The van der Waals surface area contributed by atoms with Gasteiger partial charge in [-0.05, 0) is 30.3 Å². The van der Waals surface area contributed by atoms with Crippen LogP contribution in [0.1, 0.15) is 10.4 Å². The molecule has 21 heavy (non-hydrogen) atoms. The van der Waals surface area contributed by atoms with E-state index < -0.39 is 0 Å². The summed E-state index contributed by atoms with van der Waals surface area (Å²) in [6.07, 6.45) is 0. The lowest BCUT2D eigenvalue weighted by molar-refractivity contribution is -0.884. The van der Waals surface area contributed by atoms with Crippen LogP contribution in [0.3, 0.4) is 0 Å². The fourth-order valence-corrected chi connectivity index (χ4v) is 3.15. The standard InChI is InChI=1S/C15H14ClN3OS/c1-19(9-13-5-6-14(16)21-13)10-15(20)18-12-4-2-3-11(7-12)8-17/h2-7H,9-10H2,1H3,(H,18,20)/p+1. The Hall–Kier alpha value is -1.87. The van der Waals surface area contributed by atoms with Gasteiger partial charge < -0.3 is 10.2 Å². The van der Waals surface area contributed by atoms with Crippen molar-refractivity contribution in [3.05, 3.63) is 51.2 Å². The molecule has 4 nitrogen and oxygen atoms in total. The van der Waals surface area contributed by atoms with Crippen molar-refractivity contribution >= 4 is 34.5 Å². The number of nitrogens with one attached hydrogen (secondary N) is 2. The molecular formula is C15H15ClN3OS+. The number of carbonyl (C=O) groups excluding carboxylic acids is 1. The SMILES string of the molecule is C[NH+](CC(=O)Nc1cccc(C#N)c1)Cc1ccc(Cl)s1. The van der Waals surface area contributed by atoms with Crippen molar-refractivity contribution in [2.45, 2.75) is 6.54 Å². The number of amides is 1. The predicted octanol–water partition coefficient (Wildman–Crippen LogP) is 1.93. The van der Waals surface area contributed by atoms with E-state index in [4.69, 9.17) is 16.9 Å². The second-order valence-electron chi connectivity index (χ2n) is 4.76. The summed E-state index contributed by atoms with van der Waals surface area (Å²) in [5.41, 5.74) is 1.17. The van der Waals surface area contributed by atoms with E-state index in [2.05, 4.69) is 5.32 Å². The molecule has 0 bridgehead atoms. The number of nitriles is 1. The zero-order valence-corrected chi connectivity index (χ0v) is 13.1. The number of carbonyl (C=O) groups is 1. The monoisotopic (exact) mass is 320 g/mol. The fourth-order valence-electron chi connectivity index (χ4n) is 1.95. The molecule has 2 rings (SSSR count). The highest BCUT2D eigenvalue weighted by atomic mass is 35.5. The molecule has 0 saturated heterocycles. The van der Waals surface area contributed by atoms with Crippen molar-refractivity contribution in [2.75, 3.05) is 18.9 Å². The van der Waals surface area contributed by atoms with Gasteiger partial charge in [-0.25, -0.2) is 0 Å². The number of halogens is 1. The van der Waals surface area contributed by atoms with Gasteiger partial charge in [-0.1, -0.05) is 17.7 Å². The maximum absolute atomic E-state index is 12.0. The number of nitrogens with zero attached hydrogens (tertiary/aromatic N) is 1. The number of anilines is 1. The van der Waals surface area contributed by atoms with Crippen LogP contribution < -0.4 is 10.2 Å². The molecule has 1 amide bonds. The van der Waals surface area contributed by atoms with Gasteiger partial charge in [0.1, 0.15) is 6.54 Å². The molecule has 1 heterocycles. The number of thiophene rings is 1. The highest BCUT2D eigenvalue weighted by Gasteiger charge is 2.12. The minimum Gasteiger partial charge on any atom is -0.325 e. The van der Waals surface area contributed by atoms with Gasteiger partial charge in [-0.2, -0.15) is 5.26 Å². The van der Waals surface area contributed by atoms with E-state index in [0.29, 0.717) is 17.8 Å². The number of rotatable bonds is 5. The summed E-state index contributed by atoms with van der Waals surface area (Å²) >= 11 is 7.42. The molecule has 0 spiro atoms. The molecule has 1 atom stereocenters. The van der Waals surface area contributed by atoms with Gasteiger partial charge in [0.2, 0.25) is 0 Å². The highest BCUT2D eigenvalue weighted by Crippen LogP contribution is 2.20. The van der Waals surface area contributed by atoms with Crippen molar-refractivity contribution in [1.82, 2.24) is 0 Å².